The Labute approximate surface area is 126 Å². The molecule has 1 aromatic rings. The first kappa shape index (κ1) is 17.2. The summed E-state index contributed by atoms with van der Waals surface area (Å²) in [6.07, 6.45) is 1.34. The van der Waals surface area contributed by atoms with Crippen molar-refractivity contribution in [1.29, 1.82) is 0 Å². The lowest BCUT2D eigenvalue weighted by Crippen LogP contribution is -2.20. The lowest BCUT2D eigenvalue weighted by molar-refractivity contribution is 0.0289. The molecule has 1 aromatic carbocycles. The molecule has 0 aliphatic rings. The molecule has 0 radical (unpaired) electrons. The molecule has 4 nitrogen and oxygen atoms in total. The molecule has 0 saturated carbocycles. The summed E-state index contributed by atoms with van der Waals surface area (Å²) >= 11 is 0. The van der Waals surface area contributed by atoms with Gasteiger partial charge in [-0.05, 0) is 37.8 Å². The number of rotatable bonds is 7. The summed E-state index contributed by atoms with van der Waals surface area (Å²) < 4.78 is 10.5. The van der Waals surface area contributed by atoms with Crippen LogP contribution in [0.2, 0.25) is 0 Å². The van der Waals surface area contributed by atoms with Crippen LogP contribution in [0.15, 0.2) is 24.3 Å². The van der Waals surface area contributed by atoms with E-state index in [9.17, 15) is 9.59 Å². The maximum Gasteiger partial charge on any atom is 0.339 e. The second-order valence-electron chi connectivity index (χ2n) is 5.53. The predicted molar refractivity (Wildman–Crippen MR) is 81.3 cm³/mol. The summed E-state index contributed by atoms with van der Waals surface area (Å²) in [7, 11) is 0. The van der Waals surface area contributed by atoms with E-state index in [0.29, 0.717) is 12.5 Å². The highest BCUT2D eigenvalue weighted by Crippen LogP contribution is 2.15. The minimum atomic E-state index is -0.485. The van der Waals surface area contributed by atoms with E-state index in [2.05, 4.69) is 13.8 Å². The van der Waals surface area contributed by atoms with Crippen molar-refractivity contribution in [2.75, 3.05) is 6.61 Å². The standard InChI is InChI=1S/C17H24O4/c1-5-10-20-16(18)14-8-6-7-9-15(14)17(19)21-13(4)11-12(2)3/h6-9,12-13H,5,10-11H2,1-4H3. The molecule has 0 aliphatic heterocycles. The van der Waals surface area contributed by atoms with Gasteiger partial charge in [0, 0.05) is 0 Å². The molecule has 0 saturated heterocycles. The van der Waals surface area contributed by atoms with Crippen molar-refractivity contribution in [3.63, 3.8) is 0 Å². The van der Waals surface area contributed by atoms with Crippen molar-refractivity contribution >= 4 is 11.9 Å². The Hall–Kier alpha value is -1.84. The van der Waals surface area contributed by atoms with E-state index >= 15 is 0 Å². The fourth-order valence-corrected chi connectivity index (χ4v) is 2.07. The Morgan fingerprint density at radius 3 is 2.14 bits per heavy atom. The zero-order chi connectivity index (χ0) is 15.8. The molecule has 4 heteroatoms. The second kappa shape index (κ2) is 8.45. The van der Waals surface area contributed by atoms with Gasteiger partial charge in [0.2, 0.25) is 0 Å². The fraction of sp³-hybridized carbons (Fsp3) is 0.529. The highest BCUT2D eigenvalue weighted by atomic mass is 16.5. The molecule has 116 valence electrons. The van der Waals surface area contributed by atoms with Gasteiger partial charge in [-0.3, -0.25) is 0 Å². The molecular weight excluding hydrogens is 268 g/mol. The Balaban J connectivity index is 2.82. The van der Waals surface area contributed by atoms with E-state index in [0.717, 1.165) is 12.8 Å². The number of hydrogen-bond acceptors (Lipinski definition) is 4. The van der Waals surface area contributed by atoms with Crippen LogP contribution in [0.4, 0.5) is 0 Å². The number of benzene rings is 1. The maximum atomic E-state index is 12.2. The molecule has 1 unspecified atom stereocenters. The van der Waals surface area contributed by atoms with Crippen molar-refractivity contribution in [2.45, 2.75) is 46.6 Å². The van der Waals surface area contributed by atoms with Crippen LogP contribution in [0, 0.1) is 5.92 Å². The summed E-state index contributed by atoms with van der Waals surface area (Å²) in [5.74, 6) is -0.523. The van der Waals surface area contributed by atoms with Crippen LogP contribution in [0.25, 0.3) is 0 Å². The normalized spacial score (nSPS) is 12.0. The minimum Gasteiger partial charge on any atom is -0.462 e. The molecule has 0 spiro atoms. The average molecular weight is 292 g/mol. The molecular formula is C17H24O4. The Morgan fingerprint density at radius 1 is 1.05 bits per heavy atom. The van der Waals surface area contributed by atoms with Crippen LogP contribution < -0.4 is 0 Å². The van der Waals surface area contributed by atoms with Gasteiger partial charge in [0.15, 0.2) is 0 Å². The molecule has 1 rings (SSSR count). The van der Waals surface area contributed by atoms with Gasteiger partial charge < -0.3 is 9.47 Å². The van der Waals surface area contributed by atoms with Gasteiger partial charge in [0.05, 0.1) is 23.8 Å². The first-order chi connectivity index (χ1) is 9.95. The lowest BCUT2D eigenvalue weighted by atomic mass is 10.1. The van der Waals surface area contributed by atoms with Crippen molar-refractivity contribution in [3.8, 4) is 0 Å². The van der Waals surface area contributed by atoms with Crippen LogP contribution in [0.1, 0.15) is 61.3 Å². The Morgan fingerprint density at radius 2 is 1.62 bits per heavy atom. The van der Waals surface area contributed by atoms with Gasteiger partial charge in [-0.25, -0.2) is 9.59 Å². The number of carbonyl (C=O) groups excluding carboxylic acids is 2. The van der Waals surface area contributed by atoms with Crippen molar-refractivity contribution in [3.05, 3.63) is 35.4 Å². The molecule has 0 aromatic heterocycles. The summed E-state index contributed by atoms with van der Waals surface area (Å²) in [5, 5.41) is 0. The van der Waals surface area contributed by atoms with Gasteiger partial charge in [-0.1, -0.05) is 32.9 Å². The van der Waals surface area contributed by atoms with Crippen LogP contribution in [0.5, 0.6) is 0 Å². The third-order valence-corrected chi connectivity index (χ3v) is 2.92. The molecule has 0 fully saturated rings. The lowest BCUT2D eigenvalue weighted by Gasteiger charge is -2.16. The smallest absolute Gasteiger partial charge is 0.339 e. The summed E-state index contributed by atoms with van der Waals surface area (Å²) in [5.41, 5.74) is 0.516. The quantitative estimate of drug-likeness (QED) is 0.716. The van der Waals surface area contributed by atoms with E-state index in [-0.39, 0.29) is 17.2 Å². The maximum absolute atomic E-state index is 12.2. The van der Waals surface area contributed by atoms with Crippen molar-refractivity contribution in [2.24, 2.45) is 5.92 Å². The van der Waals surface area contributed by atoms with Gasteiger partial charge >= 0.3 is 11.9 Å². The topological polar surface area (TPSA) is 52.6 Å². The first-order valence-electron chi connectivity index (χ1n) is 7.42. The number of ether oxygens (including phenoxy) is 2. The van der Waals surface area contributed by atoms with Crippen LogP contribution >= 0.6 is 0 Å². The molecule has 0 heterocycles. The molecule has 21 heavy (non-hydrogen) atoms. The van der Waals surface area contributed by atoms with Crippen LogP contribution in [-0.4, -0.2) is 24.6 Å². The van der Waals surface area contributed by atoms with Crippen molar-refractivity contribution < 1.29 is 19.1 Å². The largest absolute Gasteiger partial charge is 0.462 e. The number of carbonyl (C=O) groups is 2. The average Bonchev–Trinajstić information content (AvgIpc) is 2.43. The third kappa shape index (κ3) is 5.58. The zero-order valence-corrected chi connectivity index (χ0v) is 13.2. The van der Waals surface area contributed by atoms with Crippen LogP contribution in [0.3, 0.4) is 0 Å². The van der Waals surface area contributed by atoms with E-state index in [4.69, 9.17) is 9.47 Å². The monoisotopic (exact) mass is 292 g/mol. The summed E-state index contributed by atoms with van der Waals surface area (Å²) in [4.78, 5) is 24.2. The van der Waals surface area contributed by atoms with E-state index in [1.54, 1.807) is 24.3 Å². The van der Waals surface area contributed by atoms with E-state index in [1.807, 2.05) is 13.8 Å². The van der Waals surface area contributed by atoms with Gasteiger partial charge in [0.1, 0.15) is 0 Å². The molecule has 0 bridgehead atoms. The highest BCUT2D eigenvalue weighted by molar-refractivity contribution is 6.03. The van der Waals surface area contributed by atoms with Gasteiger partial charge in [-0.2, -0.15) is 0 Å². The SMILES string of the molecule is CCCOC(=O)c1ccccc1C(=O)OC(C)CC(C)C. The Bertz CT molecular complexity index is 479. The summed E-state index contributed by atoms with van der Waals surface area (Å²) in [6.45, 7) is 8.25. The molecule has 0 N–H and O–H groups in total. The van der Waals surface area contributed by atoms with Gasteiger partial charge in [0.25, 0.3) is 0 Å². The summed E-state index contributed by atoms with van der Waals surface area (Å²) in [6, 6.07) is 6.59. The molecule has 1 atom stereocenters. The fourth-order valence-electron chi connectivity index (χ4n) is 2.07. The zero-order valence-electron chi connectivity index (χ0n) is 13.2. The number of hydrogen-bond donors (Lipinski definition) is 0. The second-order valence-corrected chi connectivity index (χ2v) is 5.53. The van der Waals surface area contributed by atoms with E-state index in [1.165, 1.54) is 0 Å². The molecule has 0 amide bonds. The van der Waals surface area contributed by atoms with Gasteiger partial charge in [-0.15, -0.1) is 0 Å². The molecule has 0 aliphatic carbocycles. The van der Waals surface area contributed by atoms with E-state index < -0.39 is 11.9 Å². The first-order valence-corrected chi connectivity index (χ1v) is 7.42. The highest BCUT2D eigenvalue weighted by Gasteiger charge is 2.20. The minimum absolute atomic E-state index is 0.183. The Kier molecular flexibility index (Phi) is 6.92. The predicted octanol–water partition coefficient (Wildman–Crippen LogP) is 3.84. The van der Waals surface area contributed by atoms with Crippen molar-refractivity contribution in [1.82, 2.24) is 0 Å². The number of esters is 2. The third-order valence-electron chi connectivity index (χ3n) is 2.92. The van der Waals surface area contributed by atoms with Crippen LogP contribution in [-0.2, 0) is 9.47 Å².